The summed E-state index contributed by atoms with van der Waals surface area (Å²) in [5.74, 6) is 0. The molecule has 0 atom stereocenters. The maximum atomic E-state index is 3.30. The quantitative estimate of drug-likeness (QED) is 0.537. The first kappa shape index (κ1) is 6.22. The van der Waals surface area contributed by atoms with Crippen LogP contribution in [0.1, 0.15) is 20.3 Å². The van der Waals surface area contributed by atoms with Gasteiger partial charge >= 0.3 is 0 Å². The molecule has 0 aromatic heterocycles. The Morgan fingerprint density at radius 3 is 2.33 bits per heavy atom. The van der Waals surface area contributed by atoms with Gasteiger partial charge in [0.15, 0.2) is 0 Å². The van der Waals surface area contributed by atoms with E-state index in [1.807, 2.05) is 6.92 Å². The van der Waals surface area contributed by atoms with Crippen molar-refractivity contribution in [2.24, 2.45) is 0 Å². The van der Waals surface area contributed by atoms with Crippen LogP contribution in [0.4, 0.5) is 0 Å². The molecule has 0 amide bonds. The van der Waals surface area contributed by atoms with E-state index in [1.165, 1.54) is 4.48 Å². The molecular formula is C5H9Br. The summed E-state index contributed by atoms with van der Waals surface area (Å²) in [4.78, 5) is 0. The number of rotatable bonds is 1. The van der Waals surface area contributed by atoms with Crippen molar-refractivity contribution in [2.75, 3.05) is 0 Å². The summed E-state index contributed by atoms with van der Waals surface area (Å²) in [6, 6.07) is 0. The molecular weight excluding hydrogens is 140 g/mol. The zero-order chi connectivity index (χ0) is 4.99. The maximum absolute atomic E-state index is 3.30. The molecule has 0 N–H and O–H groups in total. The molecule has 6 heavy (non-hydrogen) atoms. The minimum atomic E-state index is 1.12. The van der Waals surface area contributed by atoms with E-state index in [-0.39, 0.29) is 0 Å². The van der Waals surface area contributed by atoms with Crippen LogP contribution < -0.4 is 0 Å². The summed E-state index contributed by atoms with van der Waals surface area (Å²) in [6.07, 6.45) is 3.25. The molecule has 0 nitrogen and oxygen atoms in total. The van der Waals surface area contributed by atoms with Gasteiger partial charge in [-0.25, -0.2) is 0 Å². The Kier molecular flexibility index (Phi) is 3.54. The molecule has 0 spiro atoms. The molecule has 0 heterocycles. The fourth-order valence-electron chi connectivity index (χ4n) is 0.281. The van der Waals surface area contributed by atoms with Crippen LogP contribution in [0.2, 0.25) is 0 Å². The van der Waals surface area contributed by atoms with Gasteiger partial charge in [-0.3, -0.25) is 0 Å². The molecule has 0 unspecified atom stereocenters. The molecule has 0 aliphatic heterocycles. The predicted molar refractivity (Wildman–Crippen MR) is 33.0 cm³/mol. The van der Waals surface area contributed by atoms with Crippen LogP contribution >= 0.6 is 15.9 Å². The van der Waals surface area contributed by atoms with Crippen molar-refractivity contribution in [3.63, 3.8) is 0 Å². The first-order valence-corrected chi connectivity index (χ1v) is 2.89. The highest BCUT2D eigenvalue weighted by Crippen LogP contribution is 2.01. The van der Waals surface area contributed by atoms with Crippen LogP contribution in [-0.2, 0) is 0 Å². The van der Waals surface area contributed by atoms with Gasteiger partial charge in [0.25, 0.3) is 0 Å². The number of hydrogen-bond donors (Lipinski definition) is 0. The second-order valence-electron chi connectivity index (χ2n) is 1.20. The van der Waals surface area contributed by atoms with Gasteiger partial charge in [-0.1, -0.05) is 28.9 Å². The highest BCUT2D eigenvalue weighted by molar-refractivity contribution is 9.11. The molecule has 0 aromatic carbocycles. The topological polar surface area (TPSA) is 0 Å². The summed E-state index contributed by atoms with van der Waals surface area (Å²) < 4.78 is 1.23. The summed E-state index contributed by atoms with van der Waals surface area (Å²) in [5, 5.41) is 0. The maximum Gasteiger partial charge on any atom is -0.0120 e. The van der Waals surface area contributed by atoms with E-state index < -0.39 is 0 Å². The van der Waals surface area contributed by atoms with E-state index in [0.29, 0.717) is 0 Å². The largest absolute Gasteiger partial charge is 0.0749 e. The number of halogens is 1. The number of allylic oxidation sites excluding steroid dienone is 2. The van der Waals surface area contributed by atoms with Gasteiger partial charge in [0, 0.05) is 0 Å². The third-order valence-corrected chi connectivity index (χ3v) is 0.809. The second-order valence-corrected chi connectivity index (χ2v) is 2.45. The van der Waals surface area contributed by atoms with Gasteiger partial charge in [-0.05, 0) is 17.8 Å². The highest BCUT2D eigenvalue weighted by atomic mass is 79.9. The van der Waals surface area contributed by atoms with Crippen molar-refractivity contribution < 1.29 is 0 Å². The summed E-state index contributed by atoms with van der Waals surface area (Å²) in [5.41, 5.74) is 0. The van der Waals surface area contributed by atoms with Gasteiger partial charge in [-0.2, -0.15) is 0 Å². The van der Waals surface area contributed by atoms with Crippen LogP contribution in [-0.4, -0.2) is 0 Å². The Labute approximate surface area is 47.4 Å². The SMILES string of the molecule is CCC=C(C)Br. The van der Waals surface area contributed by atoms with E-state index in [1.54, 1.807) is 0 Å². The van der Waals surface area contributed by atoms with Gasteiger partial charge in [-0.15, -0.1) is 0 Å². The fraction of sp³-hybridized carbons (Fsp3) is 0.600. The van der Waals surface area contributed by atoms with Gasteiger partial charge in [0.2, 0.25) is 0 Å². The fourth-order valence-corrected chi connectivity index (χ4v) is 0.605. The van der Waals surface area contributed by atoms with Gasteiger partial charge < -0.3 is 0 Å². The lowest BCUT2D eigenvalue weighted by atomic mass is 10.4. The number of hydrogen-bond acceptors (Lipinski definition) is 0. The highest BCUT2D eigenvalue weighted by Gasteiger charge is 1.69. The lowest BCUT2D eigenvalue weighted by Gasteiger charge is -1.77. The van der Waals surface area contributed by atoms with Crippen LogP contribution in [0.25, 0.3) is 0 Å². The van der Waals surface area contributed by atoms with Crippen LogP contribution in [0.15, 0.2) is 10.6 Å². The Morgan fingerprint density at radius 1 is 1.83 bits per heavy atom. The summed E-state index contributed by atoms with van der Waals surface area (Å²) in [6.45, 7) is 4.15. The van der Waals surface area contributed by atoms with E-state index >= 15 is 0 Å². The molecule has 0 aromatic rings. The minimum Gasteiger partial charge on any atom is -0.0749 e. The van der Waals surface area contributed by atoms with E-state index in [4.69, 9.17) is 0 Å². The molecule has 0 saturated carbocycles. The minimum absolute atomic E-state index is 1.12. The first-order chi connectivity index (χ1) is 2.77. The first-order valence-electron chi connectivity index (χ1n) is 2.09. The lowest BCUT2D eigenvalue weighted by Crippen LogP contribution is -1.53. The molecule has 0 aliphatic rings. The molecule has 0 fully saturated rings. The van der Waals surface area contributed by atoms with Crippen molar-refractivity contribution in [3.8, 4) is 0 Å². The van der Waals surface area contributed by atoms with E-state index in [0.717, 1.165) is 6.42 Å². The van der Waals surface area contributed by atoms with Crippen molar-refractivity contribution in [1.29, 1.82) is 0 Å². The molecule has 0 aliphatic carbocycles. The smallest absolute Gasteiger partial charge is 0.0120 e. The Balaban J connectivity index is 3.14. The zero-order valence-corrected chi connectivity index (χ0v) is 5.75. The normalized spacial score (nSPS) is 12.2. The van der Waals surface area contributed by atoms with Crippen molar-refractivity contribution in [1.82, 2.24) is 0 Å². The predicted octanol–water partition coefficient (Wildman–Crippen LogP) is 2.70. The Bertz CT molecular complexity index is 51.0. The molecule has 0 rings (SSSR count). The van der Waals surface area contributed by atoms with E-state index in [9.17, 15) is 0 Å². The molecule has 0 radical (unpaired) electrons. The summed E-state index contributed by atoms with van der Waals surface area (Å²) in [7, 11) is 0. The summed E-state index contributed by atoms with van der Waals surface area (Å²) >= 11 is 3.30. The van der Waals surface area contributed by atoms with Crippen LogP contribution in [0.5, 0.6) is 0 Å². The second kappa shape index (κ2) is 3.41. The average molecular weight is 149 g/mol. The van der Waals surface area contributed by atoms with Crippen LogP contribution in [0.3, 0.4) is 0 Å². The molecule has 36 valence electrons. The molecule has 0 saturated heterocycles. The third-order valence-electron chi connectivity index (χ3n) is 0.485. The van der Waals surface area contributed by atoms with Crippen molar-refractivity contribution >= 4 is 15.9 Å². The lowest BCUT2D eigenvalue weighted by molar-refractivity contribution is 1.21. The molecule has 1 heteroatoms. The zero-order valence-electron chi connectivity index (χ0n) is 4.16. The average Bonchev–Trinajstić information content (AvgIpc) is 1.35. The van der Waals surface area contributed by atoms with Gasteiger partial charge in [0.05, 0.1) is 0 Å². The third kappa shape index (κ3) is 4.22. The molecule has 0 bridgehead atoms. The Hall–Kier alpha value is 0.220. The van der Waals surface area contributed by atoms with Crippen molar-refractivity contribution in [3.05, 3.63) is 10.6 Å². The van der Waals surface area contributed by atoms with E-state index in [2.05, 4.69) is 28.9 Å². The monoisotopic (exact) mass is 148 g/mol. The van der Waals surface area contributed by atoms with Crippen molar-refractivity contribution in [2.45, 2.75) is 20.3 Å². The van der Waals surface area contributed by atoms with Crippen LogP contribution in [0, 0.1) is 0 Å². The van der Waals surface area contributed by atoms with Gasteiger partial charge in [0.1, 0.15) is 0 Å². The Morgan fingerprint density at radius 2 is 2.33 bits per heavy atom. The standard InChI is InChI=1S/C5H9Br/c1-3-4-5(2)6/h4H,3H2,1-2H3.